The van der Waals surface area contributed by atoms with Crippen LogP contribution in [0.4, 0.5) is 5.69 Å². The molecule has 0 saturated carbocycles. The molecule has 172 valence electrons. The lowest BCUT2D eigenvalue weighted by Gasteiger charge is -2.15. The van der Waals surface area contributed by atoms with Crippen LogP contribution in [-0.4, -0.2) is 43.1 Å². The maximum atomic E-state index is 11.7. The van der Waals surface area contributed by atoms with Gasteiger partial charge < -0.3 is 24.6 Å². The first-order valence-corrected chi connectivity index (χ1v) is 10.4. The average molecular weight is 443 g/mol. The number of hydrogen-bond acceptors (Lipinski definition) is 7. The van der Waals surface area contributed by atoms with Crippen molar-refractivity contribution in [3.63, 3.8) is 0 Å². The van der Waals surface area contributed by atoms with Crippen LogP contribution < -0.4 is 14.8 Å². The second kappa shape index (κ2) is 11.7. The predicted molar refractivity (Wildman–Crippen MR) is 120 cm³/mol. The summed E-state index contributed by atoms with van der Waals surface area (Å²) in [7, 11) is 1.14. The number of carbonyl (C=O) groups excluding carboxylic acids is 3. The van der Waals surface area contributed by atoms with E-state index in [0.717, 1.165) is 19.1 Å². The minimum absolute atomic E-state index is 0.0112. The highest BCUT2D eigenvalue weighted by atomic mass is 16.5. The predicted octanol–water partition coefficient (Wildman–Crippen LogP) is 3.82. The number of esters is 1. The molecule has 0 spiro atoms. The van der Waals surface area contributed by atoms with Crippen molar-refractivity contribution in [1.29, 1.82) is 0 Å². The van der Waals surface area contributed by atoms with Crippen LogP contribution in [0, 0.1) is 6.92 Å². The van der Waals surface area contributed by atoms with Crippen LogP contribution >= 0.6 is 0 Å². The van der Waals surface area contributed by atoms with Gasteiger partial charge in [-0.25, -0.2) is 4.79 Å². The van der Waals surface area contributed by atoms with Crippen LogP contribution in [0.15, 0.2) is 30.3 Å². The number of Topliss-reactive ketones (excluding diaryl/α,β-unsaturated/α-hetero) is 1. The molecule has 0 heterocycles. The molecule has 0 fully saturated rings. The Bertz CT molecular complexity index is 985. The molecule has 0 aliphatic heterocycles. The molecule has 0 aromatic heterocycles. The van der Waals surface area contributed by atoms with E-state index in [1.807, 2.05) is 6.92 Å². The molecule has 2 N–H and O–H groups in total. The highest BCUT2D eigenvalue weighted by molar-refractivity contribution is 6.37. The van der Waals surface area contributed by atoms with Gasteiger partial charge in [-0.1, -0.05) is 13.3 Å². The molecule has 0 aliphatic carbocycles. The van der Waals surface area contributed by atoms with Crippen molar-refractivity contribution < 1.29 is 33.7 Å². The Labute approximate surface area is 187 Å². The van der Waals surface area contributed by atoms with Gasteiger partial charge in [-0.15, -0.1) is 0 Å². The average Bonchev–Trinajstić information content (AvgIpc) is 2.76. The fourth-order valence-corrected chi connectivity index (χ4v) is 3.09. The van der Waals surface area contributed by atoms with E-state index >= 15 is 0 Å². The molecular weight excluding hydrogens is 414 g/mol. The molecule has 2 aromatic rings. The van der Waals surface area contributed by atoms with E-state index in [9.17, 15) is 19.5 Å². The van der Waals surface area contributed by atoms with E-state index in [1.165, 1.54) is 6.92 Å². The number of rotatable bonds is 10. The van der Waals surface area contributed by atoms with E-state index in [2.05, 4.69) is 10.1 Å². The molecule has 8 nitrogen and oxygen atoms in total. The molecule has 0 radical (unpaired) electrons. The molecule has 0 saturated heterocycles. The number of amides is 1. The van der Waals surface area contributed by atoms with E-state index in [0.29, 0.717) is 54.4 Å². The Kier molecular flexibility index (Phi) is 9.07. The molecule has 1 amide bonds. The maximum absolute atomic E-state index is 11.7. The molecule has 0 unspecified atom stereocenters. The van der Waals surface area contributed by atoms with Gasteiger partial charge in [-0.3, -0.25) is 9.59 Å². The number of carbonyl (C=O) groups is 3. The third-order valence-corrected chi connectivity index (χ3v) is 4.75. The number of phenols is 1. The van der Waals surface area contributed by atoms with Crippen molar-refractivity contribution in [3.05, 3.63) is 47.0 Å². The minimum atomic E-state index is -0.962. The maximum Gasteiger partial charge on any atom is 0.396 e. The summed E-state index contributed by atoms with van der Waals surface area (Å²) in [5.74, 6) is -0.819. The number of benzene rings is 2. The van der Waals surface area contributed by atoms with E-state index in [4.69, 9.17) is 9.47 Å². The second-order valence-electron chi connectivity index (χ2n) is 7.22. The molecule has 2 aromatic carbocycles. The molecule has 0 atom stereocenters. The van der Waals surface area contributed by atoms with Crippen molar-refractivity contribution in [3.8, 4) is 17.2 Å². The van der Waals surface area contributed by atoms with Gasteiger partial charge in [0, 0.05) is 17.7 Å². The second-order valence-corrected chi connectivity index (χ2v) is 7.22. The first-order chi connectivity index (χ1) is 15.3. The molecule has 0 aliphatic rings. The van der Waals surface area contributed by atoms with Crippen molar-refractivity contribution in [1.82, 2.24) is 0 Å². The summed E-state index contributed by atoms with van der Waals surface area (Å²) < 4.78 is 15.9. The zero-order chi connectivity index (χ0) is 23.7. The summed E-state index contributed by atoms with van der Waals surface area (Å²) in [6.07, 6.45) is 2.02. The summed E-state index contributed by atoms with van der Waals surface area (Å²) >= 11 is 0. The van der Waals surface area contributed by atoms with Crippen LogP contribution in [0.2, 0.25) is 0 Å². The highest BCUT2D eigenvalue weighted by Crippen LogP contribution is 2.33. The number of ketones is 1. The summed E-state index contributed by atoms with van der Waals surface area (Å²) in [4.78, 5) is 34.5. The summed E-state index contributed by atoms with van der Waals surface area (Å²) in [6.45, 7) is 5.97. The number of phenolic OH excluding ortho intramolecular Hbond substituents is 1. The van der Waals surface area contributed by atoms with Crippen LogP contribution in [-0.2, 0) is 20.7 Å². The van der Waals surface area contributed by atoms with Crippen LogP contribution in [0.25, 0.3) is 0 Å². The Balaban J connectivity index is 1.88. The largest absolute Gasteiger partial charge is 0.507 e. The summed E-state index contributed by atoms with van der Waals surface area (Å²) in [5.41, 5.74) is 2.17. The Hall–Kier alpha value is -3.55. The van der Waals surface area contributed by atoms with Crippen molar-refractivity contribution in [2.24, 2.45) is 0 Å². The van der Waals surface area contributed by atoms with E-state index < -0.39 is 11.9 Å². The van der Waals surface area contributed by atoms with E-state index in [1.54, 1.807) is 37.3 Å². The fourth-order valence-electron chi connectivity index (χ4n) is 3.09. The van der Waals surface area contributed by atoms with Crippen molar-refractivity contribution in [2.75, 3.05) is 25.6 Å². The smallest absolute Gasteiger partial charge is 0.396 e. The lowest BCUT2D eigenvalue weighted by Crippen LogP contribution is -2.24. The SMILES string of the molecule is CCCc1c(OCCCOc2ccc(NC(=O)C(=O)OC)c(C)c2)ccc(C(C)=O)c1O. The summed E-state index contributed by atoms with van der Waals surface area (Å²) in [6, 6.07) is 8.39. The van der Waals surface area contributed by atoms with Crippen molar-refractivity contribution >= 4 is 23.3 Å². The first kappa shape index (κ1) is 24.7. The number of methoxy groups -OCH3 is 1. The third kappa shape index (κ3) is 6.47. The minimum Gasteiger partial charge on any atom is -0.507 e. The standard InChI is InChI=1S/C24H29NO7/c1-5-7-19-21(11-9-18(16(3)26)22(19)27)32-13-6-12-31-17-8-10-20(15(2)14-17)25-23(28)24(29)30-4/h8-11,14,27H,5-7,12-13H2,1-4H3,(H,25,28). The zero-order valence-corrected chi connectivity index (χ0v) is 18.8. The molecule has 32 heavy (non-hydrogen) atoms. The molecule has 2 rings (SSSR count). The Morgan fingerprint density at radius 3 is 2.41 bits per heavy atom. The topological polar surface area (TPSA) is 111 Å². The molecule has 8 heteroatoms. The number of aromatic hydroxyl groups is 1. The molecule has 0 bridgehead atoms. The third-order valence-electron chi connectivity index (χ3n) is 4.75. The number of hydrogen-bond donors (Lipinski definition) is 2. The van der Waals surface area contributed by atoms with Gasteiger partial charge in [0.1, 0.15) is 17.2 Å². The Morgan fingerprint density at radius 2 is 1.78 bits per heavy atom. The molecular formula is C24H29NO7. The first-order valence-electron chi connectivity index (χ1n) is 10.4. The quantitative estimate of drug-likeness (QED) is 0.249. The lowest BCUT2D eigenvalue weighted by atomic mass is 10.0. The fraction of sp³-hybridized carbons (Fsp3) is 0.375. The monoisotopic (exact) mass is 443 g/mol. The van der Waals surface area contributed by atoms with E-state index in [-0.39, 0.29) is 11.5 Å². The van der Waals surface area contributed by atoms with Crippen LogP contribution in [0.5, 0.6) is 17.2 Å². The van der Waals surface area contributed by atoms with Gasteiger partial charge in [0.25, 0.3) is 0 Å². The number of anilines is 1. The van der Waals surface area contributed by atoms with Gasteiger partial charge in [-0.05, 0) is 56.2 Å². The lowest BCUT2D eigenvalue weighted by molar-refractivity contribution is -0.150. The van der Waals surface area contributed by atoms with Crippen LogP contribution in [0.3, 0.4) is 0 Å². The normalized spacial score (nSPS) is 10.4. The Morgan fingerprint density at radius 1 is 1.06 bits per heavy atom. The van der Waals surface area contributed by atoms with Gasteiger partial charge in [0.15, 0.2) is 5.78 Å². The number of aryl methyl sites for hydroxylation is 1. The number of nitrogens with one attached hydrogen (secondary N) is 1. The highest BCUT2D eigenvalue weighted by Gasteiger charge is 2.16. The van der Waals surface area contributed by atoms with Gasteiger partial charge >= 0.3 is 11.9 Å². The zero-order valence-electron chi connectivity index (χ0n) is 18.8. The van der Waals surface area contributed by atoms with Crippen LogP contribution in [0.1, 0.15) is 48.2 Å². The number of ether oxygens (including phenoxy) is 3. The van der Waals surface area contributed by atoms with Gasteiger partial charge in [-0.2, -0.15) is 0 Å². The van der Waals surface area contributed by atoms with Crippen molar-refractivity contribution in [2.45, 2.75) is 40.0 Å². The van der Waals surface area contributed by atoms with Gasteiger partial charge in [0.2, 0.25) is 0 Å². The summed E-state index contributed by atoms with van der Waals surface area (Å²) in [5, 5.41) is 12.9. The van der Waals surface area contributed by atoms with Gasteiger partial charge in [0.05, 0.1) is 25.9 Å².